The van der Waals surface area contributed by atoms with E-state index in [9.17, 15) is 0 Å². The number of benzene rings is 1. The summed E-state index contributed by atoms with van der Waals surface area (Å²) in [5.74, 6) is 1.73. The molecule has 0 amide bonds. The van der Waals surface area contributed by atoms with Crippen LogP contribution in [0.15, 0.2) is 23.1 Å². The third-order valence-corrected chi connectivity index (χ3v) is 3.76. The van der Waals surface area contributed by atoms with Crippen molar-refractivity contribution in [1.82, 2.24) is 5.32 Å². The van der Waals surface area contributed by atoms with Crippen molar-refractivity contribution in [2.45, 2.75) is 37.0 Å². The van der Waals surface area contributed by atoms with Gasteiger partial charge in [0.25, 0.3) is 0 Å². The van der Waals surface area contributed by atoms with E-state index in [0.717, 1.165) is 18.0 Å². The second kappa shape index (κ2) is 6.34. The van der Waals surface area contributed by atoms with Crippen molar-refractivity contribution in [1.29, 1.82) is 0 Å². The average Bonchev–Trinajstić information content (AvgIpc) is 2.36. The Bertz CT molecular complexity index is 395. The molecule has 0 aliphatic carbocycles. The third-order valence-electron chi connectivity index (χ3n) is 2.66. The Balaban J connectivity index is 1.93. The van der Waals surface area contributed by atoms with Crippen LogP contribution >= 0.6 is 11.8 Å². The van der Waals surface area contributed by atoms with E-state index in [0.29, 0.717) is 24.5 Å². The summed E-state index contributed by atoms with van der Waals surface area (Å²) >= 11 is 1.86. The van der Waals surface area contributed by atoms with Crippen molar-refractivity contribution in [3.63, 3.8) is 0 Å². The fraction of sp³-hybridized carbons (Fsp3) is 0.571. The molecule has 18 heavy (non-hydrogen) atoms. The number of hydrogen-bond donors (Lipinski definition) is 1. The lowest BCUT2D eigenvalue weighted by Gasteiger charge is -2.20. The number of nitrogens with one attached hydrogen (secondary N) is 1. The lowest BCUT2D eigenvalue weighted by Crippen LogP contribution is -2.28. The minimum Gasteiger partial charge on any atom is -0.486 e. The molecule has 0 bridgehead atoms. The lowest BCUT2D eigenvalue weighted by atomic mass is 10.3. The Hall–Kier alpha value is -0.870. The third kappa shape index (κ3) is 3.82. The van der Waals surface area contributed by atoms with E-state index >= 15 is 0 Å². The van der Waals surface area contributed by atoms with Gasteiger partial charge in [-0.05, 0) is 18.2 Å². The van der Waals surface area contributed by atoms with Crippen LogP contribution in [0.3, 0.4) is 0 Å². The molecule has 1 aromatic rings. The van der Waals surface area contributed by atoms with Crippen molar-refractivity contribution < 1.29 is 9.47 Å². The molecule has 1 aromatic carbocycles. The van der Waals surface area contributed by atoms with Gasteiger partial charge in [0.1, 0.15) is 13.2 Å². The normalized spacial score (nSPS) is 15.8. The highest BCUT2D eigenvalue weighted by Gasteiger charge is 2.13. The van der Waals surface area contributed by atoms with Gasteiger partial charge in [-0.2, -0.15) is 0 Å². The molecule has 1 atom stereocenters. The molecule has 0 fully saturated rings. The van der Waals surface area contributed by atoms with Gasteiger partial charge in [0.15, 0.2) is 11.5 Å². The first-order valence-corrected chi connectivity index (χ1v) is 7.33. The fourth-order valence-electron chi connectivity index (χ4n) is 1.77. The van der Waals surface area contributed by atoms with Crippen LogP contribution in [0.1, 0.15) is 20.8 Å². The van der Waals surface area contributed by atoms with Crippen LogP contribution in [-0.4, -0.2) is 31.1 Å². The second-order valence-electron chi connectivity index (χ2n) is 4.80. The summed E-state index contributed by atoms with van der Waals surface area (Å²) in [6.07, 6.45) is 0. The van der Waals surface area contributed by atoms with Gasteiger partial charge in [-0.3, -0.25) is 0 Å². The van der Waals surface area contributed by atoms with Crippen LogP contribution in [0.25, 0.3) is 0 Å². The summed E-state index contributed by atoms with van der Waals surface area (Å²) < 4.78 is 11.1. The molecule has 0 saturated heterocycles. The van der Waals surface area contributed by atoms with Crippen molar-refractivity contribution in [2.24, 2.45) is 0 Å². The van der Waals surface area contributed by atoms with Crippen molar-refractivity contribution in [3.05, 3.63) is 18.2 Å². The molecule has 3 nitrogen and oxygen atoms in total. The van der Waals surface area contributed by atoms with Gasteiger partial charge in [-0.25, -0.2) is 0 Å². The predicted molar refractivity (Wildman–Crippen MR) is 75.9 cm³/mol. The van der Waals surface area contributed by atoms with Gasteiger partial charge < -0.3 is 14.8 Å². The lowest BCUT2D eigenvalue weighted by molar-refractivity contribution is 0.171. The van der Waals surface area contributed by atoms with Crippen LogP contribution in [0, 0.1) is 0 Å². The molecule has 1 N–H and O–H groups in total. The topological polar surface area (TPSA) is 30.5 Å². The highest BCUT2D eigenvalue weighted by molar-refractivity contribution is 8.00. The number of hydrogen-bond acceptors (Lipinski definition) is 4. The zero-order valence-corrected chi connectivity index (χ0v) is 12.0. The maximum Gasteiger partial charge on any atom is 0.162 e. The highest BCUT2D eigenvalue weighted by atomic mass is 32.2. The van der Waals surface area contributed by atoms with E-state index in [1.807, 2.05) is 17.8 Å². The van der Waals surface area contributed by atoms with E-state index in [2.05, 4.69) is 38.2 Å². The van der Waals surface area contributed by atoms with Crippen molar-refractivity contribution >= 4 is 11.8 Å². The fourth-order valence-corrected chi connectivity index (χ4v) is 2.74. The molecule has 0 saturated carbocycles. The summed E-state index contributed by atoms with van der Waals surface area (Å²) in [6.45, 7) is 8.87. The van der Waals surface area contributed by atoms with Gasteiger partial charge in [0, 0.05) is 22.7 Å². The Kier molecular flexibility index (Phi) is 4.78. The largest absolute Gasteiger partial charge is 0.486 e. The van der Waals surface area contributed by atoms with Gasteiger partial charge in [-0.15, -0.1) is 11.8 Å². The van der Waals surface area contributed by atoms with E-state index in [1.54, 1.807) is 0 Å². The van der Waals surface area contributed by atoms with Gasteiger partial charge in [0.2, 0.25) is 0 Å². The van der Waals surface area contributed by atoms with Gasteiger partial charge >= 0.3 is 0 Å². The second-order valence-corrected chi connectivity index (χ2v) is 6.31. The molecular weight excluding hydrogens is 246 g/mol. The molecule has 1 aliphatic rings. The molecule has 100 valence electrons. The zero-order valence-electron chi connectivity index (χ0n) is 11.2. The van der Waals surface area contributed by atoms with E-state index < -0.39 is 0 Å². The standard InChI is InChI=1S/C14H21NO2S/c1-10(2)15-9-11(3)18-12-4-5-13-14(8-12)17-7-6-16-13/h4-5,8,10-11,15H,6-7,9H2,1-3H3. The SMILES string of the molecule is CC(C)NCC(C)Sc1ccc2c(c1)OCCO2. The minimum absolute atomic E-state index is 0.535. The molecule has 4 heteroatoms. The van der Waals surface area contributed by atoms with Crippen LogP contribution in [0.2, 0.25) is 0 Å². The smallest absolute Gasteiger partial charge is 0.162 e. The van der Waals surface area contributed by atoms with Crippen LogP contribution in [0.5, 0.6) is 11.5 Å². The van der Waals surface area contributed by atoms with E-state index in [1.165, 1.54) is 4.90 Å². The summed E-state index contributed by atoms with van der Waals surface area (Å²) in [6, 6.07) is 6.71. The quantitative estimate of drug-likeness (QED) is 0.831. The molecule has 0 aromatic heterocycles. The molecule has 1 aliphatic heterocycles. The molecule has 2 rings (SSSR count). The first kappa shape index (κ1) is 13.6. The average molecular weight is 267 g/mol. The van der Waals surface area contributed by atoms with Crippen LogP contribution in [-0.2, 0) is 0 Å². The summed E-state index contributed by atoms with van der Waals surface area (Å²) in [5.41, 5.74) is 0. The number of thioether (sulfide) groups is 1. The number of ether oxygens (including phenoxy) is 2. The Morgan fingerprint density at radius 2 is 1.89 bits per heavy atom. The van der Waals surface area contributed by atoms with Crippen molar-refractivity contribution in [3.8, 4) is 11.5 Å². The molecule has 1 heterocycles. The Morgan fingerprint density at radius 3 is 2.61 bits per heavy atom. The van der Waals surface area contributed by atoms with Crippen LogP contribution < -0.4 is 14.8 Å². The van der Waals surface area contributed by atoms with E-state index in [-0.39, 0.29) is 0 Å². The molecule has 1 unspecified atom stereocenters. The Labute approximate surface area is 113 Å². The van der Waals surface area contributed by atoms with Gasteiger partial charge in [0.05, 0.1) is 0 Å². The first-order valence-electron chi connectivity index (χ1n) is 6.45. The molecular formula is C14H21NO2S. The maximum atomic E-state index is 5.59. The monoisotopic (exact) mass is 267 g/mol. The summed E-state index contributed by atoms with van der Waals surface area (Å²) in [5, 5.41) is 3.99. The van der Waals surface area contributed by atoms with Crippen LogP contribution in [0.4, 0.5) is 0 Å². The summed E-state index contributed by atoms with van der Waals surface area (Å²) in [4.78, 5) is 1.23. The number of fused-ring (bicyclic) bond motifs is 1. The van der Waals surface area contributed by atoms with Crippen molar-refractivity contribution in [2.75, 3.05) is 19.8 Å². The summed E-state index contributed by atoms with van der Waals surface area (Å²) in [7, 11) is 0. The van der Waals surface area contributed by atoms with E-state index in [4.69, 9.17) is 9.47 Å². The first-order chi connectivity index (χ1) is 8.65. The number of rotatable bonds is 5. The Morgan fingerprint density at radius 1 is 1.17 bits per heavy atom. The minimum atomic E-state index is 0.535. The highest BCUT2D eigenvalue weighted by Crippen LogP contribution is 2.35. The molecule has 0 radical (unpaired) electrons. The zero-order chi connectivity index (χ0) is 13.0. The maximum absolute atomic E-state index is 5.59. The molecule has 0 spiro atoms. The predicted octanol–water partition coefficient (Wildman–Crippen LogP) is 2.94. The van der Waals surface area contributed by atoms with Gasteiger partial charge in [-0.1, -0.05) is 20.8 Å².